The van der Waals surface area contributed by atoms with E-state index in [-0.39, 0.29) is 0 Å². The van der Waals surface area contributed by atoms with E-state index in [9.17, 15) is 0 Å². The van der Waals surface area contributed by atoms with Gasteiger partial charge in [-0.25, -0.2) is 0 Å². The normalized spacial score (nSPS) is 10.7. The number of fused-ring (bicyclic) bond motifs is 1. The third kappa shape index (κ3) is 1.97. The lowest BCUT2D eigenvalue weighted by Gasteiger charge is -2.06. The van der Waals surface area contributed by atoms with Crippen molar-refractivity contribution in [2.75, 3.05) is 0 Å². The van der Waals surface area contributed by atoms with Crippen molar-refractivity contribution >= 4 is 10.9 Å². The highest BCUT2D eigenvalue weighted by Gasteiger charge is 2.08. The third-order valence-electron chi connectivity index (χ3n) is 3.10. The van der Waals surface area contributed by atoms with E-state index in [0.29, 0.717) is 6.61 Å². The van der Waals surface area contributed by atoms with Crippen molar-refractivity contribution in [1.29, 1.82) is 0 Å². The highest BCUT2D eigenvalue weighted by atomic mass is 16.5. The Morgan fingerprint density at radius 2 is 1.89 bits per heavy atom. The summed E-state index contributed by atoms with van der Waals surface area (Å²) in [6, 6.07) is 18.8. The molecule has 2 heteroatoms. The average molecular weight is 236 g/mol. The molecule has 0 aliphatic heterocycles. The molecule has 89 valence electrons. The molecule has 0 bridgehead atoms. The third-order valence-corrected chi connectivity index (χ3v) is 3.10. The Morgan fingerprint density at radius 3 is 2.72 bits per heavy atom. The fourth-order valence-electron chi connectivity index (χ4n) is 2.14. The summed E-state index contributed by atoms with van der Waals surface area (Å²) in [6.07, 6.45) is 0. The van der Waals surface area contributed by atoms with E-state index in [1.807, 2.05) is 30.3 Å². The van der Waals surface area contributed by atoms with Gasteiger partial charge in [-0.05, 0) is 31.2 Å². The molecule has 2 aromatic carbocycles. The van der Waals surface area contributed by atoms with E-state index in [1.54, 1.807) is 0 Å². The molecule has 1 heterocycles. The van der Waals surface area contributed by atoms with Gasteiger partial charge in [0.15, 0.2) is 0 Å². The zero-order valence-electron chi connectivity index (χ0n) is 10.2. The maximum Gasteiger partial charge on any atom is 0.119 e. The summed E-state index contributed by atoms with van der Waals surface area (Å²) in [6.45, 7) is 2.66. The van der Waals surface area contributed by atoms with E-state index in [0.717, 1.165) is 11.3 Å². The first-order chi connectivity index (χ1) is 8.84. The van der Waals surface area contributed by atoms with Crippen LogP contribution >= 0.6 is 0 Å². The molecule has 0 aliphatic rings. The Balaban J connectivity index is 1.89. The SMILES string of the molecule is Cc1[nH]c2ccccc2c1COc1cc[c]cc1. The lowest BCUT2D eigenvalue weighted by atomic mass is 10.1. The molecule has 3 rings (SSSR count). The van der Waals surface area contributed by atoms with Crippen LogP contribution in [0.5, 0.6) is 5.75 Å². The van der Waals surface area contributed by atoms with Gasteiger partial charge in [-0.15, -0.1) is 0 Å². The number of hydrogen-bond donors (Lipinski definition) is 1. The molecule has 0 saturated heterocycles. The van der Waals surface area contributed by atoms with Gasteiger partial charge in [-0.1, -0.05) is 30.3 Å². The van der Waals surface area contributed by atoms with Crippen molar-refractivity contribution in [3.05, 3.63) is 65.9 Å². The molecule has 0 amide bonds. The second-order valence-corrected chi connectivity index (χ2v) is 4.30. The predicted octanol–water partition coefficient (Wildman–Crippen LogP) is 3.86. The molecule has 0 unspecified atom stereocenters. The summed E-state index contributed by atoms with van der Waals surface area (Å²) in [5.74, 6) is 0.874. The van der Waals surface area contributed by atoms with Crippen molar-refractivity contribution < 1.29 is 4.74 Å². The van der Waals surface area contributed by atoms with Gasteiger partial charge in [-0.3, -0.25) is 0 Å². The van der Waals surface area contributed by atoms with Crippen LogP contribution in [0.3, 0.4) is 0 Å². The minimum Gasteiger partial charge on any atom is -0.489 e. The predicted molar refractivity (Wildman–Crippen MR) is 72.6 cm³/mol. The van der Waals surface area contributed by atoms with Crippen LogP contribution in [0.15, 0.2) is 48.5 Å². The van der Waals surface area contributed by atoms with Crippen molar-refractivity contribution in [2.45, 2.75) is 13.5 Å². The summed E-state index contributed by atoms with van der Waals surface area (Å²) in [4.78, 5) is 3.38. The van der Waals surface area contributed by atoms with Crippen LogP contribution in [0.1, 0.15) is 11.3 Å². The first-order valence-electron chi connectivity index (χ1n) is 6.00. The number of aromatic amines is 1. The number of H-pyrrole nitrogens is 1. The molecule has 18 heavy (non-hydrogen) atoms. The van der Waals surface area contributed by atoms with Crippen LogP contribution < -0.4 is 4.74 Å². The Morgan fingerprint density at radius 1 is 1.11 bits per heavy atom. The second-order valence-electron chi connectivity index (χ2n) is 4.30. The van der Waals surface area contributed by atoms with Gasteiger partial charge >= 0.3 is 0 Å². The Labute approximate surface area is 106 Å². The molecule has 1 N–H and O–H groups in total. The summed E-state index contributed by atoms with van der Waals surface area (Å²) in [5.41, 5.74) is 3.55. The zero-order chi connectivity index (χ0) is 12.4. The molecular formula is C16H14NO. The van der Waals surface area contributed by atoms with E-state index >= 15 is 0 Å². The van der Waals surface area contributed by atoms with Crippen molar-refractivity contribution in [3.8, 4) is 5.75 Å². The van der Waals surface area contributed by atoms with Crippen LogP contribution in [-0.4, -0.2) is 4.98 Å². The standard InChI is InChI=1S/C16H14NO/c1-12-15(11-18-13-7-3-2-4-8-13)14-9-5-6-10-16(14)17-12/h3-10,17H,11H2,1H3. The number of rotatable bonds is 3. The van der Waals surface area contributed by atoms with Gasteiger partial charge in [-0.2, -0.15) is 0 Å². The Bertz CT molecular complexity index is 655. The van der Waals surface area contributed by atoms with Gasteiger partial charge in [0.05, 0.1) is 0 Å². The van der Waals surface area contributed by atoms with E-state index < -0.39 is 0 Å². The highest BCUT2D eigenvalue weighted by Crippen LogP contribution is 2.23. The van der Waals surface area contributed by atoms with Crippen LogP contribution in [0.4, 0.5) is 0 Å². The first kappa shape index (κ1) is 10.9. The molecule has 3 aromatic rings. The quantitative estimate of drug-likeness (QED) is 0.734. The second kappa shape index (κ2) is 4.57. The van der Waals surface area contributed by atoms with Crippen LogP contribution in [-0.2, 0) is 6.61 Å². The molecule has 0 aliphatic carbocycles. The number of benzene rings is 2. The first-order valence-corrected chi connectivity index (χ1v) is 6.00. The number of aryl methyl sites for hydroxylation is 1. The molecular weight excluding hydrogens is 222 g/mol. The van der Waals surface area contributed by atoms with E-state index in [1.165, 1.54) is 16.6 Å². The lowest BCUT2D eigenvalue weighted by molar-refractivity contribution is 0.307. The summed E-state index contributed by atoms with van der Waals surface area (Å²) >= 11 is 0. The molecule has 0 saturated carbocycles. The zero-order valence-corrected chi connectivity index (χ0v) is 10.2. The molecule has 0 spiro atoms. The maximum absolute atomic E-state index is 5.80. The van der Waals surface area contributed by atoms with Crippen molar-refractivity contribution in [1.82, 2.24) is 4.98 Å². The van der Waals surface area contributed by atoms with Crippen molar-refractivity contribution in [2.24, 2.45) is 0 Å². The van der Waals surface area contributed by atoms with Gasteiger partial charge in [0, 0.05) is 22.2 Å². The van der Waals surface area contributed by atoms with Crippen LogP contribution in [0, 0.1) is 13.0 Å². The monoisotopic (exact) mass is 236 g/mol. The average Bonchev–Trinajstić information content (AvgIpc) is 2.73. The smallest absolute Gasteiger partial charge is 0.119 e. The Kier molecular flexibility index (Phi) is 2.77. The van der Waals surface area contributed by atoms with E-state index in [2.05, 4.69) is 36.2 Å². The summed E-state index contributed by atoms with van der Waals surface area (Å²) < 4.78 is 5.80. The van der Waals surface area contributed by atoms with Crippen molar-refractivity contribution in [3.63, 3.8) is 0 Å². The molecule has 2 nitrogen and oxygen atoms in total. The number of para-hydroxylation sites is 1. The van der Waals surface area contributed by atoms with Gasteiger partial charge < -0.3 is 9.72 Å². The highest BCUT2D eigenvalue weighted by molar-refractivity contribution is 5.84. The Hall–Kier alpha value is -2.22. The maximum atomic E-state index is 5.80. The largest absolute Gasteiger partial charge is 0.489 e. The number of ether oxygens (including phenoxy) is 1. The minimum atomic E-state index is 0.583. The van der Waals surface area contributed by atoms with Gasteiger partial charge in [0.1, 0.15) is 12.4 Å². The van der Waals surface area contributed by atoms with Gasteiger partial charge in [0.2, 0.25) is 0 Å². The van der Waals surface area contributed by atoms with Gasteiger partial charge in [0.25, 0.3) is 0 Å². The molecule has 0 atom stereocenters. The topological polar surface area (TPSA) is 25.0 Å². The minimum absolute atomic E-state index is 0.583. The van der Waals surface area contributed by atoms with E-state index in [4.69, 9.17) is 4.74 Å². The van der Waals surface area contributed by atoms with Crippen LogP contribution in [0.2, 0.25) is 0 Å². The number of aromatic nitrogens is 1. The number of hydrogen-bond acceptors (Lipinski definition) is 1. The van der Waals surface area contributed by atoms with Crippen LogP contribution in [0.25, 0.3) is 10.9 Å². The molecule has 1 radical (unpaired) electrons. The summed E-state index contributed by atoms with van der Waals surface area (Å²) in [7, 11) is 0. The molecule has 1 aromatic heterocycles. The number of nitrogens with one attached hydrogen (secondary N) is 1. The fourth-order valence-corrected chi connectivity index (χ4v) is 2.14. The molecule has 0 fully saturated rings. The fraction of sp³-hybridized carbons (Fsp3) is 0.125. The summed E-state index contributed by atoms with van der Waals surface area (Å²) in [5, 5.41) is 1.23. The lowest BCUT2D eigenvalue weighted by Crippen LogP contribution is -1.96.